The Balaban J connectivity index is 2.04. The predicted molar refractivity (Wildman–Crippen MR) is 78.6 cm³/mol. The van der Waals surface area contributed by atoms with Gasteiger partial charge < -0.3 is 4.98 Å². The third-order valence-corrected chi connectivity index (χ3v) is 3.40. The SMILES string of the molecule is N=C(c1cc(F)cc2nc[nH]c12)N(O)c1ccc(F)c(Cl)c1. The summed E-state index contributed by atoms with van der Waals surface area (Å²) in [6, 6.07) is 5.77. The maximum Gasteiger partial charge on any atom is 0.160 e. The van der Waals surface area contributed by atoms with Crippen LogP contribution >= 0.6 is 11.6 Å². The summed E-state index contributed by atoms with van der Waals surface area (Å²) in [4.78, 5) is 6.70. The first-order valence-electron chi connectivity index (χ1n) is 6.13. The van der Waals surface area contributed by atoms with Crippen molar-refractivity contribution in [3.8, 4) is 0 Å². The number of hydrogen-bond donors (Lipinski definition) is 3. The predicted octanol–water partition coefficient (Wildman–Crippen LogP) is 3.72. The molecule has 0 saturated carbocycles. The van der Waals surface area contributed by atoms with E-state index >= 15 is 0 Å². The van der Waals surface area contributed by atoms with Crippen molar-refractivity contribution < 1.29 is 14.0 Å². The molecule has 0 saturated heterocycles. The molecule has 0 fully saturated rings. The minimum absolute atomic E-state index is 0.0772. The summed E-state index contributed by atoms with van der Waals surface area (Å²) in [5, 5.41) is 18.4. The van der Waals surface area contributed by atoms with E-state index in [0.29, 0.717) is 16.1 Å². The molecule has 3 N–H and O–H groups in total. The number of rotatable bonds is 2. The van der Waals surface area contributed by atoms with Crippen LogP contribution in [-0.2, 0) is 0 Å². The highest BCUT2D eigenvalue weighted by atomic mass is 35.5. The van der Waals surface area contributed by atoms with E-state index in [2.05, 4.69) is 9.97 Å². The van der Waals surface area contributed by atoms with Crippen LogP contribution in [0.5, 0.6) is 0 Å². The number of H-pyrrole nitrogens is 1. The Kier molecular flexibility index (Phi) is 3.51. The molecule has 112 valence electrons. The average molecular weight is 323 g/mol. The minimum atomic E-state index is -0.646. The molecule has 22 heavy (non-hydrogen) atoms. The van der Waals surface area contributed by atoms with E-state index in [1.807, 2.05) is 0 Å². The average Bonchev–Trinajstić information content (AvgIpc) is 2.95. The van der Waals surface area contributed by atoms with Crippen molar-refractivity contribution in [2.45, 2.75) is 0 Å². The zero-order valence-electron chi connectivity index (χ0n) is 10.9. The molecule has 3 rings (SSSR count). The lowest BCUT2D eigenvalue weighted by Gasteiger charge is -2.18. The van der Waals surface area contributed by atoms with Gasteiger partial charge in [0.05, 0.1) is 28.1 Å². The van der Waals surface area contributed by atoms with Gasteiger partial charge in [-0.1, -0.05) is 11.6 Å². The highest BCUT2D eigenvalue weighted by Gasteiger charge is 2.18. The Labute approximate surface area is 128 Å². The first-order chi connectivity index (χ1) is 10.5. The van der Waals surface area contributed by atoms with Crippen molar-refractivity contribution in [3.05, 3.63) is 58.9 Å². The molecule has 0 radical (unpaired) electrons. The molecule has 8 heteroatoms. The lowest BCUT2D eigenvalue weighted by molar-refractivity contribution is 0.312. The van der Waals surface area contributed by atoms with Gasteiger partial charge in [-0.2, -0.15) is 0 Å². The minimum Gasteiger partial charge on any atom is -0.344 e. The third-order valence-electron chi connectivity index (χ3n) is 3.11. The van der Waals surface area contributed by atoms with Crippen molar-refractivity contribution in [1.29, 1.82) is 5.41 Å². The Morgan fingerprint density at radius 2 is 2.05 bits per heavy atom. The van der Waals surface area contributed by atoms with Gasteiger partial charge >= 0.3 is 0 Å². The Bertz CT molecular complexity index is 880. The summed E-state index contributed by atoms with van der Waals surface area (Å²) in [7, 11) is 0. The normalized spacial score (nSPS) is 10.9. The summed E-state index contributed by atoms with van der Waals surface area (Å²) in [6.07, 6.45) is 1.36. The number of nitrogens with one attached hydrogen (secondary N) is 2. The zero-order valence-corrected chi connectivity index (χ0v) is 11.7. The van der Waals surface area contributed by atoms with Crippen molar-refractivity contribution in [1.82, 2.24) is 9.97 Å². The van der Waals surface area contributed by atoms with Gasteiger partial charge in [-0.05, 0) is 24.3 Å². The maximum atomic E-state index is 13.6. The Morgan fingerprint density at radius 1 is 1.27 bits per heavy atom. The Morgan fingerprint density at radius 3 is 2.77 bits per heavy atom. The van der Waals surface area contributed by atoms with Gasteiger partial charge in [-0.15, -0.1) is 0 Å². The fraction of sp³-hybridized carbons (Fsp3) is 0. The van der Waals surface area contributed by atoms with Gasteiger partial charge in [0, 0.05) is 11.6 Å². The molecule has 0 atom stereocenters. The standard InChI is InChI=1S/C14H9ClF2N4O/c15-10-5-8(1-2-11(10)17)21(22)14(18)9-3-7(16)4-12-13(9)20-6-19-12/h1-6,18,22H,(H,19,20). The maximum absolute atomic E-state index is 13.6. The van der Waals surface area contributed by atoms with Crippen LogP contribution in [0, 0.1) is 17.0 Å². The Hall–Kier alpha value is -2.51. The van der Waals surface area contributed by atoms with Gasteiger partial charge in [0.15, 0.2) is 5.84 Å². The number of imidazole rings is 1. The molecule has 5 nitrogen and oxygen atoms in total. The number of benzene rings is 2. The first kappa shape index (κ1) is 14.4. The number of hydrogen-bond acceptors (Lipinski definition) is 3. The molecule has 1 heterocycles. The van der Waals surface area contributed by atoms with E-state index in [1.54, 1.807) is 0 Å². The second-order valence-corrected chi connectivity index (χ2v) is 4.92. The largest absolute Gasteiger partial charge is 0.344 e. The number of fused-ring (bicyclic) bond motifs is 1. The van der Waals surface area contributed by atoms with Gasteiger partial charge in [0.25, 0.3) is 0 Å². The first-order valence-corrected chi connectivity index (χ1v) is 6.51. The number of hydroxylamine groups is 1. The van der Waals surface area contributed by atoms with Crippen LogP contribution in [0.3, 0.4) is 0 Å². The molecule has 0 amide bonds. The van der Waals surface area contributed by atoms with Gasteiger partial charge in [-0.25, -0.2) is 18.8 Å². The molecule has 0 unspecified atom stereocenters. The van der Waals surface area contributed by atoms with E-state index in [0.717, 1.165) is 18.2 Å². The van der Waals surface area contributed by atoms with Gasteiger partial charge in [0.1, 0.15) is 11.6 Å². The second kappa shape index (κ2) is 5.36. The number of aromatic nitrogens is 2. The molecule has 0 bridgehead atoms. The highest BCUT2D eigenvalue weighted by molar-refractivity contribution is 6.31. The quantitative estimate of drug-likeness (QED) is 0.382. The molecule has 1 aromatic heterocycles. The van der Waals surface area contributed by atoms with Crippen LogP contribution < -0.4 is 5.06 Å². The van der Waals surface area contributed by atoms with Crippen molar-refractivity contribution in [2.75, 3.05) is 5.06 Å². The van der Waals surface area contributed by atoms with Crippen molar-refractivity contribution in [3.63, 3.8) is 0 Å². The fourth-order valence-corrected chi connectivity index (χ4v) is 2.23. The molecular formula is C14H9ClF2N4O. The van der Waals surface area contributed by atoms with Gasteiger partial charge in [0.2, 0.25) is 0 Å². The summed E-state index contributed by atoms with van der Waals surface area (Å²) in [5.74, 6) is -1.65. The molecule has 0 aliphatic carbocycles. The lowest BCUT2D eigenvalue weighted by atomic mass is 10.1. The van der Waals surface area contributed by atoms with Crippen LogP contribution in [0.25, 0.3) is 11.0 Å². The molecule has 2 aromatic carbocycles. The molecular weight excluding hydrogens is 314 g/mol. The summed E-state index contributed by atoms with van der Waals surface area (Å²) in [6.45, 7) is 0. The van der Waals surface area contributed by atoms with E-state index in [-0.39, 0.29) is 16.3 Å². The number of aromatic amines is 1. The number of amidine groups is 1. The van der Waals surface area contributed by atoms with Crippen LogP contribution in [0.15, 0.2) is 36.7 Å². The summed E-state index contributed by atoms with van der Waals surface area (Å²) < 4.78 is 26.8. The molecule has 0 spiro atoms. The molecule has 0 aliphatic rings. The van der Waals surface area contributed by atoms with E-state index in [4.69, 9.17) is 17.0 Å². The van der Waals surface area contributed by atoms with Crippen LogP contribution in [0.2, 0.25) is 5.02 Å². The van der Waals surface area contributed by atoms with Crippen LogP contribution in [-0.4, -0.2) is 21.0 Å². The number of nitrogens with zero attached hydrogens (tertiary/aromatic N) is 2. The summed E-state index contributed by atoms with van der Waals surface area (Å²) in [5.41, 5.74) is 0.910. The van der Waals surface area contributed by atoms with Crippen LogP contribution in [0.1, 0.15) is 5.56 Å². The number of anilines is 1. The lowest BCUT2D eigenvalue weighted by Crippen LogP contribution is -2.27. The topological polar surface area (TPSA) is 76.0 Å². The summed E-state index contributed by atoms with van der Waals surface area (Å²) >= 11 is 5.65. The van der Waals surface area contributed by atoms with Crippen LogP contribution in [0.4, 0.5) is 14.5 Å². The van der Waals surface area contributed by atoms with E-state index in [1.165, 1.54) is 18.5 Å². The van der Waals surface area contributed by atoms with Gasteiger partial charge in [-0.3, -0.25) is 10.6 Å². The second-order valence-electron chi connectivity index (χ2n) is 4.51. The fourth-order valence-electron chi connectivity index (χ4n) is 2.06. The monoisotopic (exact) mass is 322 g/mol. The van der Waals surface area contributed by atoms with E-state index < -0.39 is 17.5 Å². The molecule has 0 aliphatic heterocycles. The van der Waals surface area contributed by atoms with Crippen molar-refractivity contribution >= 4 is 34.2 Å². The zero-order chi connectivity index (χ0) is 15.9. The van der Waals surface area contributed by atoms with E-state index in [9.17, 15) is 14.0 Å². The number of halogens is 3. The highest BCUT2D eigenvalue weighted by Crippen LogP contribution is 2.25. The smallest absolute Gasteiger partial charge is 0.160 e. The molecule has 3 aromatic rings. The van der Waals surface area contributed by atoms with Crippen molar-refractivity contribution in [2.24, 2.45) is 0 Å². The third kappa shape index (κ3) is 2.40.